The number of fused-ring (bicyclic) bond motifs is 1. The van der Waals surface area contributed by atoms with Crippen molar-refractivity contribution in [1.82, 2.24) is 24.0 Å². The van der Waals surface area contributed by atoms with E-state index in [0.29, 0.717) is 11.3 Å². The van der Waals surface area contributed by atoms with Gasteiger partial charge in [-0.1, -0.05) is 6.92 Å². The van der Waals surface area contributed by atoms with Gasteiger partial charge in [0.2, 0.25) is 10.0 Å². The van der Waals surface area contributed by atoms with Crippen LogP contribution in [-0.4, -0.2) is 64.7 Å². The number of pyridine rings is 1. The number of nitrogens with zero attached hydrogens (tertiary/aromatic N) is 5. The third kappa shape index (κ3) is 5.35. The summed E-state index contributed by atoms with van der Waals surface area (Å²) in [6, 6.07) is 10.6. The first-order valence-corrected chi connectivity index (χ1v) is 14.3. The Morgan fingerprint density at radius 2 is 1.75 bits per heavy atom. The number of piperazine rings is 1. The van der Waals surface area contributed by atoms with E-state index in [0.717, 1.165) is 29.0 Å². The fourth-order valence-corrected chi connectivity index (χ4v) is 6.79. The first kappa shape index (κ1) is 28.2. The van der Waals surface area contributed by atoms with Gasteiger partial charge in [-0.2, -0.15) is 22.6 Å². The number of alkyl halides is 3. The molecule has 2 aromatic heterocycles. The molecule has 0 radical (unpaired) electrons. The van der Waals surface area contributed by atoms with Gasteiger partial charge in [0, 0.05) is 50.0 Å². The van der Waals surface area contributed by atoms with E-state index in [2.05, 4.69) is 10.1 Å². The maximum absolute atomic E-state index is 13.6. The number of halogens is 4. The van der Waals surface area contributed by atoms with Crippen molar-refractivity contribution in [2.45, 2.75) is 37.9 Å². The quantitative estimate of drug-likeness (QED) is 0.287. The van der Waals surface area contributed by atoms with E-state index in [4.69, 9.17) is 0 Å². The zero-order valence-electron chi connectivity index (χ0n) is 22.2. The monoisotopic (exact) mass is 575 g/mol. The second kappa shape index (κ2) is 10.6. The van der Waals surface area contributed by atoms with Crippen LogP contribution in [0.1, 0.15) is 29.7 Å². The highest BCUT2D eigenvalue weighted by atomic mass is 32.2. The normalized spacial score (nSPS) is 18.3. The number of benzene rings is 2. The average Bonchev–Trinajstić information content (AvgIpc) is 3.31. The SMILES string of the molecule is Cc1cc2c(cnn2-c2ccc(F)cc2)cc1[C@@H]1CN(S(=O)(=O)c2cnccc2C)CCN1CC(C)C(F)(F)F. The lowest BCUT2D eigenvalue weighted by atomic mass is 9.95. The fraction of sp³-hybridized carbons (Fsp3) is 0.357. The minimum atomic E-state index is -4.38. The number of hydrogen-bond acceptors (Lipinski definition) is 5. The van der Waals surface area contributed by atoms with Crippen molar-refractivity contribution in [2.24, 2.45) is 5.92 Å². The molecule has 2 aromatic carbocycles. The Bertz CT molecular complexity index is 1640. The second-order valence-corrected chi connectivity index (χ2v) is 12.2. The highest BCUT2D eigenvalue weighted by molar-refractivity contribution is 7.89. The molecule has 1 saturated heterocycles. The van der Waals surface area contributed by atoms with Crippen molar-refractivity contribution in [3.05, 3.63) is 83.6 Å². The zero-order chi connectivity index (χ0) is 28.8. The molecule has 0 N–H and O–H groups in total. The van der Waals surface area contributed by atoms with Crippen molar-refractivity contribution in [3.8, 4) is 5.69 Å². The molecule has 4 aromatic rings. The molecule has 1 unspecified atom stereocenters. The largest absolute Gasteiger partial charge is 0.392 e. The van der Waals surface area contributed by atoms with E-state index in [-0.39, 0.29) is 36.9 Å². The van der Waals surface area contributed by atoms with Crippen LogP contribution in [0.4, 0.5) is 17.6 Å². The van der Waals surface area contributed by atoms with Crippen LogP contribution < -0.4 is 0 Å². The second-order valence-electron chi connectivity index (χ2n) is 10.3. The van der Waals surface area contributed by atoms with Crippen molar-refractivity contribution in [1.29, 1.82) is 0 Å². The molecule has 0 spiro atoms. The first-order chi connectivity index (χ1) is 18.9. The number of rotatable bonds is 6. The molecule has 0 amide bonds. The van der Waals surface area contributed by atoms with Gasteiger partial charge in [0.05, 0.1) is 23.3 Å². The van der Waals surface area contributed by atoms with Crippen molar-refractivity contribution < 1.29 is 26.0 Å². The molecule has 1 aliphatic rings. The van der Waals surface area contributed by atoms with Crippen molar-refractivity contribution in [3.63, 3.8) is 0 Å². The van der Waals surface area contributed by atoms with Crippen LogP contribution in [-0.2, 0) is 10.0 Å². The molecule has 0 bridgehead atoms. The van der Waals surface area contributed by atoms with Crippen molar-refractivity contribution in [2.75, 3.05) is 26.2 Å². The fourth-order valence-electron chi connectivity index (χ4n) is 5.18. The van der Waals surface area contributed by atoms with Gasteiger partial charge in [-0.3, -0.25) is 9.88 Å². The van der Waals surface area contributed by atoms with E-state index in [1.807, 2.05) is 19.1 Å². The Morgan fingerprint density at radius 3 is 2.42 bits per heavy atom. The number of aryl methyl sites for hydroxylation is 2. The molecule has 212 valence electrons. The van der Waals surface area contributed by atoms with Gasteiger partial charge in [0.25, 0.3) is 0 Å². The molecule has 7 nitrogen and oxygen atoms in total. The molecule has 40 heavy (non-hydrogen) atoms. The van der Waals surface area contributed by atoms with E-state index < -0.39 is 28.2 Å². The number of sulfonamides is 1. The molecule has 2 atom stereocenters. The van der Waals surface area contributed by atoms with Crippen molar-refractivity contribution >= 4 is 20.9 Å². The van der Waals surface area contributed by atoms with Gasteiger partial charge in [0.15, 0.2) is 0 Å². The molecular weight excluding hydrogens is 546 g/mol. The van der Waals surface area contributed by atoms with E-state index >= 15 is 0 Å². The number of aromatic nitrogens is 3. The lowest BCUT2D eigenvalue weighted by Crippen LogP contribution is -2.52. The summed E-state index contributed by atoms with van der Waals surface area (Å²) in [6.45, 7) is 4.59. The van der Waals surface area contributed by atoms with Gasteiger partial charge in [-0.25, -0.2) is 17.5 Å². The first-order valence-electron chi connectivity index (χ1n) is 12.8. The molecule has 5 rings (SSSR count). The van der Waals surface area contributed by atoms with E-state index in [1.54, 1.807) is 40.9 Å². The Morgan fingerprint density at radius 1 is 1.02 bits per heavy atom. The summed E-state index contributed by atoms with van der Waals surface area (Å²) in [4.78, 5) is 5.78. The molecule has 12 heteroatoms. The summed E-state index contributed by atoms with van der Waals surface area (Å²) >= 11 is 0. The Hall–Kier alpha value is -3.35. The highest BCUT2D eigenvalue weighted by Gasteiger charge is 2.41. The summed E-state index contributed by atoms with van der Waals surface area (Å²) in [6.07, 6.45) is 0.0771. The van der Waals surface area contributed by atoms with Crippen LogP contribution in [0.25, 0.3) is 16.6 Å². The van der Waals surface area contributed by atoms with Crippen LogP contribution >= 0.6 is 0 Å². The predicted molar refractivity (Wildman–Crippen MR) is 143 cm³/mol. The Balaban J connectivity index is 1.55. The molecule has 0 aliphatic carbocycles. The Labute approximate surface area is 230 Å². The van der Waals surface area contributed by atoms with E-state index in [9.17, 15) is 26.0 Å². The van der Waals surface area contributed by atoms with Crippen LogP contribution in [0, 0.1) is 25.6 Å². The maximum Gasteiger partial charge on any atom is 0.392 e. The molecular formula is C28H29F4N5O2S. The topological polar surface area (TPSA) is 71.3 Å². The summed E-state index contributed by atoms with van der Waals surface area (Å²) in [7, 11) is -3.93. The predicted octanol–water partition coefficient (Wildman–Crippen LogP) is 5.42. The lowest BCUT2D eigenvalue weighted by Gasteiger charge is -2.42. The van der Waals surface area contributed by atoms with Gasteiger partial charge >= 0.3 is 6.18 Å². The highest BCUT2D eigenvalue weighted by Crippen LogP contribution is 2.36. The van der Waals surface area contributed by atoms with Gasteiger partial charge in [-0.15, -0.1) is 0 Å². The number of hydrogen-bond donors (Lipinski definition) is 0. The summed E-state index contributed by atoms with van der Waals surface area (Å²) in [5.41, 5.74) is 3.46. The van der Waals surface area contributed by atoms with E-state index in [1.165, 1.54) is 28.8 Å². The third-order valence-electron chi connectivity index (χ3n) is 7.52. The average molecular weight is 576 g/mol. The molecule has 1 fully saturated rings. The summed E-state index contributed by atoms with van der Waals surface area (Å²) in [5, 5.41) is 5.18. The van der Waals surface area contributed by atoms with Crippen LogP contribution in [0.15, 0.2) is 66.0 Å². The lowest BCUT2D eigenvalue weighted by molar-refractivity contribution is -0.176. The minimum Gasteiger partial charge on any atom is -0.293 e. The third-order valence-corrected chi connectivity index (χ3v) is 9.51. The smallest absolute Gasteiger partial charge is 0.293 e. The zero-order valence-corrected chi connectivity index (χ0v) is 23.0. The Kier molecular flexibility index (Phi) is 7.45. The standard InChI is InChI=1S/C28H29F4N5O2S/c1-18-8-9-33-15-27(18)40(38,39)36-11-10-35(16-20(3)28(30,31)32)26(17-36)24-13-21-14-34-37(25(21)12-19(24)2)23-6-4-22(29)5-7-23/h4-9,12-15,20,26H,10-11,16-17H2,1-3H3/t20?,26-/m0/s1. The molecule has 1 aliphatic heterocycles. The van der Waals surface area contributed by atoms with Crippen LogP contribution in [0.5, 0.6) is 0 Å². The van der Waals surface area contributed by atoms with Gasteiger partial charge in [0.1, 0.15) is 10.7 Å². The maximum atomic E-state index is 13.6. The van der Waals surface area contributed by atoms with Gasteiger partial charge in [-0.05, 0) is 73.0 Å². The van der Waals surface area contributed by atoms with Crippen LogP contribution in [0.2, 0.25) is 0 Å². The molecule has 0 saturated carbocycles. The van der Waals surface area contributed by atoms with Gasteiger partial charge < -0.3 is 0 Å². The summed E-state index contributed by atoms with van der Waals surface area (Å²) < 4.78 is 84.4. The summed E-state index contributed by atoms with van der Waals surface area (Å²) in [5.74, 6) is -1.96. The minimum absolute atomic E-state index is 0.0142. The van der Waals surface area contributed by atoms with Crippen LogP contribution in [0.3, 0.4) is 0 Å². The molecule has 3 heterocycles.